The Morgan fingerprint density at radius 2 is 1.90 bits per heavy atom. The van der Waals surface area contributed by atoms with Crippen LogP contribution < -0.4 is 5.32 Å². The topological polar surface area (TPSA) is 95.9 Å². The number of alkyl carbamates (subject to hydrolysis) is 1. The van der Waals surface area contributed by atoms with Gasteiger partial charge in [-0.25, -0.2) is 9.59 Å². The van der Waals surface area contributed by atoms with Crippen LogP contribution in [0.2, 0.25) is 0 Å². The monoisotopic (exact) mass is 291 g/mol. The van der Waals surface area contributed by atoms with Crippen LogP contribution in [0.3, 0.4) is 0 Å². The molecule has 0 spiro atoms. The van der Waals surface area contributed by atoms with Crippen molar-refractivity contribution in [2.45, 2.75) is 31.6 Å². The zero-order valence-corrected chi connectivity index (χ0v) is 11.7. The number of hydrogen-bond donors (Lipinski definition) is 3. The van der Waals surface area contributed by atoms with Crippen LogP contribution in [-0.4, -0.2) is 34.0 Å². The number of carbonyl (C=O) groups is 2. The van der Waals surface area contributed by atoms with E-state index in [1.54, 1.807) is 30.3 Å². The zero-order chi connectivity index (χ0) is 16.0. The lowest BCUT2D eigenvalue weighted by atomic mass is 10.0. The summed E-state index contributed by atoms with van der Waals surface area (Å²) in [4.78, 5) is 22.8. The Hall–Kier alpha value is -2.52. The van der Waals surface area contributed by atoms with Crippen LogP contribution in [0.15, 0.2) is 30.3 Å². The number of aliphatic hydroxyl groups is 1. The SMILES string of the molecule is C#CC(C)(C)OC(=O)N[C@@H](c1ccccc1)[C@@H](O)C(=O)O. The highest BCUT2D eigenvalue weighted by Gasteiger charge is 2.30. The molecule has 0 bridgehead atoms. The molecule has 1 aromatic rings. The third-order valence-electron chi connectivity index (χ3n) is 2.70. The number of carboxylic acids is 1. The Kier molecular flexibility index (Phi) is 5.33. The average Bonchev–Trinajstić information content (AvgIpc) is 2.44. The van der Waals surface area contributed by atoms with Gasteiger partial charge in [-0.3, -0.25) is 0 Å². The van der Waals surface area contributed by atoms with E-state index in [1.165, 1.54) is 13.8 Å². The second-order valence-corrected chi connectivity index (χ2v) is 4.86. The number of amides is 1. The summed E-state index contributed by atoms with van der Waals surface area (Å²) in [7, 11) is 0. The fourth-order valence-electron chi connectivity index (χ4n) is 1.57. The number of carbonyl (C=O) groups excluding carboxylic acids is 1. The van der Waals surface area contributed by atoms with E-state index < -0.39 is 29.8 Å². The third-order valence-corrected chi connectivity index (χ3v) is 2.70. The van der Waals surface area contributed by atoms with E-state index in [1.807, 2.05) is 0 Å². The first-order valence-corrected chi connectivity index (χ1v) is 6.20. The molecule has 112 valence electrons. The van der Waals surface area contributed by atoms with Crippen molar-refractivity contribution in [3.8, 4) is 12.3 Å². The molecule has 0 aromatic heterocycles. The predicted octanol–water partition coefficient (Wildman–Crippen LogP) is 1.31. The van der Waals surface area contributed by atoms with Gasteiger partial charge in [-0.15, -0.1) is 6.42 Å². The Labute approximate surface area is 122 Å². The van der Waals surface area contributed by atoms with Crippen molar-refractivity contribution in [3.63, 3.8) is 0 Å². The van der Waals surface area contributed by atoms with Crippen LogP contribution >= 0.6 is 0 Å². The summed E-state index contributed by atoms with van der Waals surface area (Å²) in [5.41, 5.74) is -0.706. The minimum atomic E-state index is -1.81. The molecule has 0 radical (unpaired) electrons. The first-order chi connectivity index (χ1) is 9.76. The number of hydrogen-bond acceptors (Lipinski definition) is 4. The molecule has 0 aliphatic rings. The van der Waals surface area contributed by atoms with Crippen molar-refractivity contribution in [2.75, 3.05) is 0 Å². The fraction of sp³-hybridized carbons (Fsp3) is 0.333. The van der Waals surface area contributed by atoms with E-state index in [0.717, 1.165) is 0 Å². The van der Waals surface area contributed by atoms with E-state index in [2.05, 4.69) is 11.2 Å². The molecule has 6 heteroatoms. The molecule has 6 nitrogen and oxygen atoms in total. The largest absolute Gasteiger partial charge is 0.479 e. The Morgan fingerprint density at radius 1 is 1.33 bits per heavy atom. The third kappa shape index (κ3) is 4.82. The predicted molar refractivity (Wildman–Crippen MR) is 75.4 cm³/mol. The molecule has 0 heterocycles. The van der Waals surface area contributed by atoms with Gasteiger partial charge < -0.3 is 20.3 Å². The maximum absolute atomic E-state index is 11.8. The van der Waals surface area contributed by atoms with Gasteiger partial charge >= 0.3 is 12.1 Å². The van der Waals surface area contributed by atoms with Gasteiger partial charge in [-0.05, 0) is 19.4 Å². The maximum atomic E-state index is 11.8. The molecule has 1 rings (SSSR count). The van der Waals surface area contributed by atoms with Crippen LogP contribution in [0.25, 0.3) is 0 Å². The number of aliphatic carboxylic acids is 1. The lowest BCUT2D eigenvalue weighted by Gasteiger charge is -2.24. The number of rotatable bonds is 5. The van der Waals surface area contributed by atoms with Crippen LogP contribution in [0, 0.1) is 12.3 Å². The minimum absolute atomic E-state index is 0.433. The highest BCUT2D eigenvalue weighted by atomic mass is 16.6. The Bertz CT molecular complexity index is 547. The summed E-state index contributed by atoms with van der Waals surface area (Å²) >= 11 is 0. The van der Waals surface area contributed by atoms with Gasteiger partial charge in [-0.1, -0.05) is 36.3 Å². The number of terminal acetylenes is 1. The number of benzene rings is 1. The normalized spacial score (nSPS) is 13.6. The van der Waals surface area contributed by atoms with Crippen molar-refractivity contribution in [3.05, 3.63) is 35.9 Å². The molecule has 2 atom stereocenters. The van der Waals surface area contributed by atoms with Gasteiger partial charge in [0, 0.05) is 0 Å². The molecule has 3 N–H and O–H groups in total. The highest BCUT2D eigenvalue weighted by molar-refractivity contribution is 5.76. The van der Waals surface area contributed by atoms with Crippen LogP contribution in [-0.2, 0) is 9.53 Å². The fourth-order valence-corrected chi connectivity index (χ4v) is 1.57. The standard InChI is InChI=1S/C15H17NO5/c1-4-15(2,3)21-14(20)16-11(12(17)13(18)19)10-8-6-5-7-9-10/h1,5-9,11-12,17H,2-3H3,(H,16,20)(H,18,19)/t11-,12+/m0/s1. The molecule has 0 saturated heterocycles. The number of carboxylic acid groups (broad SMARTS) is 1. The van der Waals surface area contributed by atoms with Gasteiger partial charge in [0.05, 0.1) is 6.04 Å². The van der Waals surface area contributed by atoms with Gasteiger partial charge in [0.15, 0.2) is 11.7 Å². The van der Waals surface area contributed by atoms with Crippen molar-refractivity contribution in [1.29, 1.82) is 0 Å². The van der Waals surface area contributed by atoms with Crippen molar-refractivity contribution in [1.82, 2.24) is 5.32 Å². The summed E-state index contributed by atoms with van der Waals surface area (Å²) < 4.78 is 4.98. The van der Waals surface area contributed by atoms with Crippen LogP contribution in [0.5, 0.6) is 0 Å². The molecule has 0 aliphatic carbocycles. The van der Waals surface area contributed by atoms with E-state index >= 15 is 0 Å². The summed E-state index contributed by atoms with van der Waals surface area (Å²) in [6.45, 7) is 3.02. The second kappa shape index (κ2) is 6.77. The second-order valence-electron chi connectivity index (χ2n) is 4.86. The quantitative estimate of drug-likeness (QED) is 0.711. The van der Waals surface area contributed by atoms with E-state index in [0.29, 0.717) is 5.56 Å². The van der Waals surface area contributed by atoms with Crippen LogP contribution in [0.4, 0.5) is 4.79 Å². The molecule has 1 aromatic carbocycles. The summed E-state index contributed by atoms with van der Waals surface area (Å²) in [5, 5.41) is 21.0. The van der Waals surface area contributed by atoms with Gasteiger partial charge in [-0.2, -0.15) is 0 Å². The van der Waals surface area contributed by atoms with Gasteiger partial charge in [0.25, 0.3) is 0 Å². The lowest BCUT2D eigenvalue weighted by molar-refractivity contribution is -0.148. The summed E-state index contributed by atoms with van der Waals surface area (Å²) in [6.07, 6.45) is 2.48. The molecule has 1 amide bonds. The van der Waals surface area contributed by atoms with Crippen molar-refractivity contribution in [2.24, 2.45) is 0 Å². The first-order valence-electron chi connectivity index (χ1n) is 6.20. The van der Waals surface area contributed by atoms with Gasteiger partial charge in [0.2, 0.25) is 0 Å². The van der Waals surface area contributed by atoms with Crippen molar-refractivity contribution < 1.29 is 24.5 Å². The number of aliphatic hydroxyl groups excluding tert-OH is 1. The molecular formula is C15H17NO5. The average molecular weight is 291 g/mol. The molecular weight excluding hydrogens is 274 g/mol. The summed E-state index contributed by atoms with van der Waals surface area (Å²) in [6, 6.07) is 7.08. The maximum Gasteiger partial charge on any atom is 0.409 e. The molecule has 21 heavy (non-hydrogen) atoms. The zero-order valence-electron chi connectivity index (χ0n) is 11.7. The van der Waals surface area contributed by atoms with Crippen LogP contribution in [0.1, 0.15) is 25.5 Å². The Balaban J connectivity index is 2.92. The molecule has 0 fully saturated rings. The molecule has 0 unspecified atom stereocenters. The molecule has 0 aliphatic heterocycles. The smallest absolute Gasteiger partial charge is 0.409 e. The van der Waals surface area contributed by atoms with Gasteiger partial charge in [0.1, 0.15) is 0 Å². The first kappa shape index (κ1) is 16.5. The summed E-state index contributed by atoms with van der Waals surface area (Å²) in [5.74, 6) is 0.817. The van der Waals surface area contributed by atoms with Crippen molar-refractivity contribution >= 4 is 12.1 Å². The van der Waals surface area contributed by atoms with E-state index in [4.69, 9.17) is 16.3 Å². The highest BCUT2D eigenvalue weighted by Crippen LogP contribution is 2.18. The lowest BCUT2D eigenvalue weighted by Crippen LogP contribution is -2.42. The number of ether oxygens (including phenoxy) is 1. The number of nitrogens with one attached hydrogen (secondary N) is 1. The minimum Gasteiger partial charge on any atom is -0.479 e. The molecule has 0 saturated carbocycles. The van der Waals surface area contributed by atoms with E-state index in [-0.39, 0.29) is 0 Å². The Morgan fingerprint density at radius 3 is 2.38 bits per heavy atom. The van der Waals surface area contributed by atoms with E-state index in [9.17, 15) is 14.7 Å².